The number of aromatic carboxylic acids is 1. The van der Waals surface area contributed by atoms with E-state index in [0.29, 0.717) is 11.4 Å². The van der Waals surface area contributed by atoms with Gasteiger partial charge in [-0.3, -0.25) is 0 Å². The van der Waals surface area contributed by atoms with Gasteiger partial charge >= 0.3 is 5.97 Å². The first-order chi connectivity index (χ1) is 9.51. The number of anilines is 2. The lowest BCUT2D eigenvalue weighted by atomic mass is 10.1. The summed E-state index contributed by atoms with van der Waals surface area (Å²) >= 11 is 0. The number of rotatable bonds is 3. The molecule has 0 saturated heterocycles. The normalized spacial score (nSPS) is 9.85. The summed E-state index contributed by atoms with van der Waals surface area (Å²) in [6.45, 7) is 1.79. The van der Waals surface area contributed by atoms with Crippen LogP contribution in [0.15, 0.2) is 36.4 Å². The van der Waals surface area contributed by atoms with Gasteiger partial charge in [-0.05, 0) is 37.3 Å². The molecular formula is C15H11FN2O2. The van der Waals surface area contributed by atoms with Crippen molar-refractivity contribution < 1.29 is 14.3 Å². The fourth-order valence-corrected chi connectivity index (χ4v) is 1.79. The molecule has 2 aromatic rings. The predicted molar refractivity (Wildman–Crippen MR) is 72.5 cm³/mol. The zero-order chi connectivity index (χ0) is 14.7. The molecule has 0 fully saturated rings. The van der Waals surface area contributed by atoms with Crippen molar-refractivity contribution >= 4 is 17.3 Å². The van der Waals surface area contributed by atoms with Crippen LogP contribution in [-0.4, -0.2) is 11.1 Å². The summed E-state index contributed by atoms with van der Waals surface area (Å²) < 4.78 is 13.2. The van der Waals surface area contributed by atoms with Crippen molar-refractivity contribution in [3.63, 3.8) is 0 Å². The first-order valence-corrected chi connectivity index (χ1v) is 5.82. The number of carboxylic acids is 1. The van der Waals surface area contributed by atoms with E-state index in [1.807, 2.05) is 0 Å². The summed E-state index contributed by atoms with van der Waals surface area (Å²) in [6, 6.07) is 10.6. The number of aryl methyl sites for hydroxylation is 1. The molecule has 0 radical (unpaired) electrons. The predicted octanol–water partition coefficient (Wildman–Crippen LogP) is 3.45. The molecule has 0 aromatic heterocycles. The average Bonchev–Trinajstić information content (AvgIpc) is 2.42. The van der Waals surface area contributed by atoms with Crippen LogP contribution < -0.4 is 5.32 Å². The molecule has 0 unspecified atom stereocenters. The van der Waals surface area contributed by atoms with E-state index in [9.17, 15) is 9.18 Å². The first kappa shape index (κ1) is 13.6. The number of carboxylic acid groups (broad SMARTS) is 1. The summed E-state index contributed by atoms with van der Waals surface area (Å²) in [6.07, 6.45) is 0. The number of nitrogens with one attached hydrogen (secondary N) is 1. The average molecular weight is 270 g/mol. The summed E-state index contributed by atoms with van der Waals surface area (Å²) in [7, 11) is 0. The van der Waals surface area contributed by atoms with E-state index in [0.717, 1.165) is 11.6 Å². The SMILES string of the molecule is Cc1ccc(Nc2ccc(F)c(C#N)c2)c(C(=O)O)c1. The number of hydrogen-bond acceptors (Lipinski definition) is 3. The second kappa shape index (κ2) is 5.41. The summed E-state index contributed by atoms with van der Waals surface area (Å²) in [5.74, 6) is -1.67. The van der Waals surface area contributed by atoms with Crippen molar-refractivity contribution in [2.45, 2.75) is 6.92 Å². The third-order valence-corrected chi connectivity index (χ3v) is 2.77. The van der Waals surface area contributed by atoms with Gasteiger partial charge in [0.1, 0.15) is 11.9 Å². The number of nitriles is 1. The van der Waals surface area contributed by atoms with Crippen LogP contribution in [0, 0.1) is 24.1 Å². The van der Waals surface area contributed by atoms with Crippen molar-refractivity contribution in [1.82, 2.24) is 0 Å². The minimum Gasteiger partial charge on any atom is -0.478 e. The molecule has 2 rings (SSSR count). The molecule has 2 N–H and O–H groups in total. The molecule has 2 aromatic carbocycles. The summed E-state index contributed by atoms with van der Waals surface area (Å²) in [5, 5.41) is 20.8. The molecule has 0 saturated carbocycles. The van der Waals surface area contributed by atoms with Crippen molar-refractivity contribution in [3.8, 4) is 6.07 Å². The van der Waals surface area contributed by atoms with Gasteiger partial charge in [-0.1, -0.05) is 11.6 Å². The second-order valence-electron chi connectivity index (χ2n) is 4.29. The summed E-state index contributed by atoms with van der Waals surface area (Å²) in [4.78, 5) is 11.2. The lowest BCUT2D eigenvalue weighted by Gasteiger charge is -2.10. The van der Waals surface area contributed by atoms with Crippen LogP contribution in [-0.2, 0) is 0 Å². The Hall–Kier alpha value is -2.87. The van der Waals surface area contributed by atoms with Gasteiger partial charge in [0.2, 0.25) is 0 Å². The van der Waals surface area contributed by atoms with Crippen molar-refractivity contribution in [1.29, 1.82) is 5.26 Å². The number of carbonyl (C=O) groups is 1. The number of halogens is 1. The third kappa shape index (κ3) is 2.75. The number of hydrogen-bond donors (Lipinski definition) is 2. The Kier molecular flexibility index (Phi) is 3.67. The monoisotopic (exact) mass is 270 g/mol. The highest BCUT2D eigenvalue weighted by atomic mass is 19.1. The molecule has 100 valence electrons. The highest BCUT2D eigenvalue weighted by molar-refractivity contribution is 5.95. The number of nitrogens with zero attached hydrogens (tertiary/aromatic N) is 1. The van der Waals surface area contributed by atoms with Crippen LogP contribution in [0.4, 0.5) is 15.8 Å². The third-order valence-electron chi connectivity index (χ3n) is 2.77. The van der Waals surface area contributed by atoms with E-state index in [1.165, 1.54) is 12.1 Å². The molecule has 0 aliphatic heterocycles. The standard InChI is InChI=1S/C15H11FN2O2/c1-9-2-5-14(12(6-9)15(19)20)18-11-3-4-13(16)10(7-11)8-17/h2-7,18H,1H3,(H,19,20). The van der Waals surface area contributed by atoms with Crippen molar-refractivity contribution in [2.75, 3.05) is 5.32 Å². The van der Waals surface area contributed by atoms with Crippen LogP contribution in [0.25, 0.3) is 0 Å². The van der Waals surface area contributed by atoms with E-state index >= 15 is 0 Å². The molecule has 0 amide bonds. The van der Waals surface area contributed by atoms with Gasteiger partial charge in [0.25, 0.3) is 0 Å². The smallest absolute Gasteiger partial charge is 0.337 e. The van der Waals surface area contributed by atoms with E-state index < -0.39 is 11.8 Å². The largest absolute Gasteiger partial charge is 0.478 e. The van der Waals surface area contributed by atoms with Gasteiger partial charge in [0, 0.05) is 5.69 Å². The van der Waals surface area contributed by atoms with Gasteiger partial charge in [0.15, 0.2) is 0 Å². The molecule has 0 aliphatic carbocycles. The van der Waals surface area contributed by atoms with Crippen LogP contribution in [0.3, 0.4) is 0 Å². The Morgan fingerprint density at radius 2 is 2.05 bits per heavy atom. The minimum absolute atomic E-state index is 0.0982. The van der Waals surface area contributed by atoms with Gasteiger partial charge in [0.05, 0.1) is 16.8 Å². The van der Waals surface area contributed by atoms with E-state index in [4.69, 9.17) is 10.4 Å². The molecule has 0 aliphatic rings. The maximum absolute atomic E-state index is 13.2. The summed E-state index contributed by atoms with van der Waals surface area (Å²) in [5.41, 5.74) is 1.68. The van der Waals surface area contributed by atoms with Gasteiger partial charge < -0.3 is 10.4 Å². The Morgan fingerprint density at radius 3 is 2.70 bits per heavy atom. The molecule has 0 heterocycles. The quantitative estimate of drug-likeness (QED) is 0.895. The van der Waals surface area contributed by atoms with Gasteiger partial charge in [-0.15, -0.1) is 0 Å². The molecule has 0 atom stereocenters. The van der Waals surface area contributed by atoms with Crippen LogP contribution >= 0.6 is 0 Å². The molecule has 5 heteroatoms. The maximum atomic E-state index is 13.2. The van der Waals surface area contributed by atoms with E-state index in [1.54, 1.807) is 31.2 Å². The Bertz CT molecular complexity index is 720. The zero-order valence-electron chi connectivity index (χ0n) is 10.6. The fraction of sp³-hybridized carbons (Fsp3) is 0.0667. The van der Waals surface area contributed by atoms with Crippen LogP contribution in [0.5, 0.6) is 0 Å². The molecular weight excluding hydrogens is 259 g/mol. The molecule has 0 spiro atoms. The van der Waals surface area contributed by atoms with Crippen molar-refractivity contribution in [3.05, 3.63) is 58.9 Å². The highest BCUT2D eigenvalue weighted by Crippen LogP contribution is 2.23. The second-order valence-corrected chi connectivity index (χ2v) is 4.29. The molecule has 4 nitrogen and oxygen atoms in total. The topological polar surface area (TPSA) is 73.1 Å². The van der Waals surface area contributed by atoms with E-state index in [2.05, 4.69) is 5.32 Å². The van der Waals surface area contributed by atoms with Gasteiger partial charge in [-0.2, -0.15) is 5.26 Å². The lowest BCUT2D eigenvalue weighted by Crippen LogP contribution is -2.03. The Balaban J connectivity index is 2.40. The number of benzene rings is 2. The van der Waals surface area contributed by atoms with Gasteiger partial charge in [-0.25, -0.2) is 9.18 Å². The molecule has 20 heavy (non-hydrogen) atoms. The first-order valence-electron chi connectivity index (χ1n) is 5.82. The lowest BCUT2D eigenvalue weighted by molar-refractivity contribution is 0.0698. The zero-order valence-corrected chi connectivity index (χ0v) is 10.6. The van der Waals surface area contributed by atoms with Crippen molar-refractivity contribution in [2.24, 2.45) is 0 Å². The Labute approximate surface area is 115 Å². The minimum atomic E-state index is -1.06. The van der Waals surface area contributed by atoms with Crippen LogP contribution in [0.1, 0.15) is 21.5 Å². The molecule has 0 bridgehead atoms. The van der Waals surface area contributed by atoms with Crippen LogP contribution in [0.2, 0.25) is 0 Å². The Morgan fingerprint density at radius 1 is 1.30 bits per heavy atom. The van der Waals surface area contributed by atoms with E-state index in [-0.39, 0.29) is 11.1 Å². The fourth-order valence-electron chi connectivity index (χ4n) is 1.79. The highest BCUT2D eigenvalue weighted by Gasteiger charge is 2.11. The maximum Gasteiger partial charge on any atom is 0.337 e.